The van der Waals surface area contributed by atoms with Crippen molar-refractivity contribution in [1.82, 2.24) is 5.32 Å². The number of benzene rings is 2. The highest BCUT2D eigenvalue weighted by atomic mass is 35.5. The summed E-state index contributed by atoms with van der Waals surface area (Å²) in [6.45, 7) is 0.358. The van der Waals surface area contributed by atoms with E-state index < -0.39 is 36.7 Å². The predicted octanol–water partition coefficient (Wildman–Crippen LogP) is 2.08. The van der Waals surface area contributed by atoms with Gasteiger partial charge in [0.1, 0.15) is 5.75 Å². The minimum Gasteiger partial charge on any atom is -0.497 e. The van der Waals surface area contributed by atoms with E-state index in [-0.39, 0.29) is 10.6 Å². The van der Waals surface area contributed by atoms with Crippen molar-refractivity contribution in [1.29, 1.82) is 0 Å². The second kappa shape index (κ2) is 7.79. The third kappa shape index (κ3) is 4.63. The van der Waals surface area contributed by atoms with Gasteiger partial charge >= 0.3 is 0 Å². The van der Waals surface area contributed by atoms with Crippen molar-refractivity contribution in [3.8, 4) is 5.75 Å². The summed E-state index contributed by atoms with van der Waals surface area (Å²) in [7, 11) is -5.69. The van der Waals surface area contributed by atoms with Crippen LogP contribution in [-0.2, 0) is 26.2 Å². The van der Waals surface area contributed by atoms with Gasteiger partial charge in [-0.1, -0.05) is 23.7 Å². The molecular formula is C18H20ClNO5S2. The van der Waals surface area contributed by atoms with E-state index >= 15 is 0 Å². The first-order chi connectivity index (χ1) is 12.7. The van der Waals surface area contributed by atoms with Crippen LogP contribution in [0, 0.1) is 0 Å². The average Bonchev–Trinajstić information content (AvgIpc) is 2.96. The van der Waals surface area contributed by atoms with Crippen molar-refractivity contribution < 1.29 is 21.6 Å². The molecule has 2 atom stereocenters. The molecule has 0 bridgehead atoms. The Morgan fingerprint density at radius 1 is 1.07 bits per heavy atom. The van der Waals surface area contributed by atoms with Crippen LogP contribution in [0.1, 0.15) is 5.56 Å². The van der Waals surface area contributed by atoms with Gasteiger partial charge in [-0.15, -0.1) is 0 Å². The Balaban J connectivity index is 1.81. The van der Waals surface area contributed by atoms with E-state index in [1.165, 1.54) is 24.3 Å². The number of halogens is 1. The van der Waals surface area contributed by atoms with Crippen LogP contribution in [0.4, 0.5) is 0 Å². The molecule has 2 aromatic rings. The topological polar surface area (TPSA) is 89.5 Å². The van der Waals surface area contributed by atoms with E-state index in [1.54, 1.807) is 19.2 Å². The molecule has 146 valence electrons. The normalized spacial score (nSPS) is 21.9. The highest BCUT2D eigenvalue weighted by molar-refractivity contribution is 7.96. The molecule has 0 amide bonds. The maximum atomic E-state index is 13.0. The molecule has 3 rings (SSSR count). The summed E-state index contributed by atoms with van der Waals surface area (Å²) in [6, 6.07) is 12.4. The van der Waals surface area contributed by atoms with E-state index in [9.17, 15) is 16.8 Å². The largest absolute Gasteiger partial charge is 0.497 e. The van der Waals surface area contributed by atoms with Crippen molar-refractivity contribution >= 4 is 31.3 Å². The molecule has 2 aromatic carbocycles. The van der Waals surface area contributed by atoms with E-state index in [0.29, 0.717) is 17.3 Å². The van der Waals surface area contributed by atoms with Gasteiger partial charge in [0.2, 0.25) is 0 Å². The van der Waals surface area contributed by atoms with Crippen LogP contribution in [0.5, 0.6) is 5.75 Å². The Kier molecular flexibility index (Phi) is 5.81. The molecule has 1 saturated heterocycles. The average molecular weight is 430 g/mol. The van der Waals surface area contributed by atoms with Gasteiger partial charge in [-0.25, -0.2) is 16.8 Å². The quantitative estimate of drug-likeness (QED) is 0.756. The summed E-state index contributed by atoms with van der Waals surface area (Å²) >= 11 is 5.82. The van der Waals surface area contributed by atoms with Crippen LogP contribution < -0.4 is 10.1 Å². The molecule has 1 fully saturated rings. The molecule has 0 unspecified atom stereocenters. The van der Waals surface area contributed by atoms with Gasteiger partial charge < -0.3 is 10.1 Å². The fraction of sp³-hybridized carbons (Fsp3) is 0.333. The number of rotatable bonds is 6. The molecule has 0 spiro atoms. The molecule has 6 nitrogen and oxygen atoms in total. The molecule has 0 aliphatic carbocycles. The second-order valence-electron chi connectivity index (χ2n) is 6.45. The number of methoxy groups -OCH3 is 1. The maximum absolute atomic E-state index is 13.0. The van der Waals surface area contributed by atoms with Crippen LogP contribution >= 0.6 is 11.6 Å². The lowest BCUT2D eigenvalue weighted by Gasteiger charge is -2.20. The van der Waals surface area contributed by atoms with Gasteiger partial charge in [-0.2, -0.15) is 0 Å². The highest BCUT2D eigenvalue weighted by Gasteiger charge is 2.45. The second-order valence-corrected chi connectivity index (χ2v) is 11.2. The molecule has 1 heterocycles. The number of ether oxygens (including phenoxy) is 1. The monoisotopic (exact) mass is 429 g/mol. The van der Waals surface area contributed by atoms with Gasteiger partial charge in [0.15, 0.2) is 19.7 Å². The van der Waals surface area contributed by atoms with Crippen LogP contribution in [-0.4, -0.2) is 46.7 Å². The minimum absolute atomic E-state index is 0.0743. The van der Waals surface area contributed by atoms with Gasteiger partial charge in [-0.3, -0.25) is 0 Å². The molecule has 1 aliphatic heterocycles. The summed E-state index contributed by atoms with van der Waals surface area (Å²) in [6.07, 6.45) is 0. The van der Waals surface area contributed by atoms with E-state index in [2.05, 4.69) is 5.32 Å². The lowest BCUT2D eigenvalue weighted by Crippen LogP contribution is -2.43. The first-order valence-electron chi connectivity index (χ1n) is 8.27. The van der Waals surface area contributed by atoms with E-state index in [1.807, 2.05) is 12.1 Å². The highest BCUT2D eigenvalue weighted by Crippen LogP contribution is 2.27. The van der Waals surface area contributed by atoms with Crippen molar-refractivity contribution in [3.63, 3.8) is 0 Å². The van der Waals surface area contributed by atoms with Gasteiger partial charge in [0, 0.05) is 17.6 Å². The Labute approximate surface area is 164 Å². The molecular weight excluding hydrogens is 410 g/mol. The maximum Gasteiger partial charge on any atom is 0.183 e. The fourth-order valence-electron chi connectivity index (χ4n) is 3.10. The van der Waals surface area contributed by atoms with Crippen molar-refractivity contribution in [2.45, 2.75) is 22.7 Å². The van der Waals surface area contributed by atoms with Crippen LogP contribution in [0.3, 0.4) is 0 Å². The van der Waals surface area contributed by atoms with Crippen LogP contribution in [0.25, 0.3) is 0 Å². The van der Waals surface area contributed by atoms with Crippen LogP contribution in [0.2, 0.25) is 5.02 Å². The molecule has 0 aromatic heterocycles. The SMILES string of the molecule is COc1ccc(CN[C@H]2CS(=O)(=O)C[C@@H]2S(=O)(=O)c2ccc(Cl)cc2)cc1. The Bertz CT molecular complexity index is 1000. The smallest absolute Gasteiger partial charge is 0.183 e. The van der Waals surface area contributed by atoms with Gasteiger partial charge in [0.05, 0.1) is 28.8 Å². The first-order valence-corrected chi connectivity index (χ1v) is 12.0. The number of sulfone groups is 2. The van der Waals surface area contributed by atoms with Crippen molar-refractivity contribution in [2.24, 2.45) is 0 Å². The fourth-order valence-corrected chi connectivity index (χ4v) is 7.95. The molecule has 1 N–H and O–H groups in total. The van der Waals surface area contributed by atoms with Crippen molar-refractivity contribution in [2.75, 3.05) is 18.6 Å². The summed E-state index contributed by atoms with van der Waals surface area (Å²) in [5.41, 5.74) is 0.905. The number of hydrogen-bond acceptors (Lipinski definition) is 6. The lowest BCUT2D eigenvalue weighted by atomic mass is 10.2. The molecule has 0 saturated carbocycles. The zero-order valence-corrected chi connectivity index (χ0v) is 17.0. The first kappa shape index (κ1) is 20.1. The van der Waals surface area contributed by atoms with Gasteiger partial charge in [0.25, 0.3) is 0 Å². The Hall–Kier alpha value is -1.61. The van der Waals surface area contributed by atoms with Gasteiger partial charge in [-0.05, 0) is 42.0 Å². The summed E-state index contributed by atoms with van der Waals surface area (Å²) < 4.78 is 55.3. The molecule has 9 heteroatoms. The zero-order chi connectivity index (χ0) is 19.7. The van der Waals surface area contributed by atoms with E-state index in [0.717, 1.165) is 5.56 Å². The number of hydrogen-bond donors (Lipinski definition) is 1. The summed E-state index contributed by atoms with van der Waals surface area (Å²) in [5.74, 6) is 0.115. The summed E-state index contributed by atoms with van der Waals surface area (Å²) in [4.78, 5) is 0.0743. The molecule has 27 heavy (non-hydrogen) atoms. The van der Waals surface area contributed by atoms with E-state index in [4.69, 9.17) is 16.3 Å². The van der Waals surface area contributed by atoms with Crippen LogP contribution in [0.15, 0.2) is 53.4 Å². The lowest BCUT2D eigenvalue weighted by molar-refractivity contribution is 0.414. The minimum atomic E-state index is -3.81. The Morgan fingerprint density at radius 3 is 2.30 bits per heavy atom. The number of nitrogens with one attached hydrogen (secondary N) is 1. The third-order valence-corrected chi connectivity index (χ3v) is 8.99. The predicted molar refractivity (Wildman–Crippen MR) is 105 cm³/mol. The Morgan fingerprint density at radius 2 is 1.70 bits per heavy atom. The third-order valence-electron chi connectivity index (χ3n) is 4.57. The summed E-state index contributed by atoms with van der Waals surface area (Å²) in [5, 5.41) is 2.48. The van der Waals surface area contributed by atoms with Crippen molar-refractivity contribution in [3.05, 3.63) is 59.1 Å². The standard InChI is InChI=1S/C18H20ClNO5S2/c1-25-15-6-2-13(3-7-15)10-20-17-11-26(21,22)12-18(17)27(23,24)16-8-4-14(19)5-9-16/h2-9,17-18,20H,10-12H2,1H3/t17-,18-/m0/s1. The zero-order valence-electron chi connectivity index (χ0n) is 14.6. The molecule has 1 aliphatic rings. The molecule has 0 radical (unpaired) electrons.